The van der Waals surface area contributed by atoms with Crippen molar-refractivity contribution >= 4 is 6.29 Å². The van der Waals surface area contributed by atoms with Gasteiger partial charge in [0.15, 0.2) is 5.92 Å². The predicted octanol–water partition coefficient (Wildman–Crippen LogP) is 4.03. The summed E-state index contributed by atoms with van der Waals surface area (Å²) < 4.78 is 74.6. The maximum Gasteiger partial charge on any atom is 0.404 e. The Morgan fingerprint density at radius 2 is 1.42 bits per heavy atom. The fourth-order valence-electron chi connectivity index (χ4n) is 1.67. The average molecular weight is 284 g/mol. The molecule has 0 aromatic heterocycles. The molecular formula is C12H10F6O. The standard InChI is InChI=1S/C12H10F6O/c13-11(14,15)10(12(16,17)18)9-5-3-8(4-6-9)2-1-7-19/h3-7,10H,1-2H2. The minimum atomic E-state index is -5.39. The molecule has 0 unspecified atom stereocenters. The molecule has 0 saturated carbocycles. The summed E-state index contributed by atoms with van der Waals surface area (Å²) >= 11 is 0. The molecule has 0 amide bonds. The Balaban J connectivity index is 3.02. The van der Waals surface area contributed by atoms with E-state index in [1.807, 2.05) is 0 Å². The second-order valence-corrected chi connectivity index (χ2v) is 3.96. The maximum atomic E-state index is 12.4. The lowest BCUT2D eigenvalue weighted by atomic mass is 9.96. The summed E-state index contributed by atoms with van der Waals surface area (Å²) in [6.45, 7) is 0. The Morgan fingerprint density at radius 3 is 1.79 bits per heavy atom. The number of halogens is 6. The zero-order valence-corrected chi connectivity index (χ0v) is 9.55. The van der Waals surface area contributed by atoms with Crippen LogP contribution in [0, 0.1) is 0 Å². The number of rotatable bonds is 4. The highest BCUT2D eigenvalue weighted by molar-refractivity contribution is 5.50. The molecule has 0 aliphatic rings. The molecule has 1 rings (SSSR count). The Hall–Kier alpha value is -1.53. The quantitative estimate of drug-likeness (QED) is 0.602. The van der Waals surface area contributed by atoms with Crippen molar-refractivity contribution < 1.29 is 31.1 Å². The van der Waals surface area contributed by atoms with Crippen molar-refractivity contribution in [2.24, 2.45) is 0 Å². The van der Waals surface area contributed by atoms with Gasteiger partial charge in [0.2, 0.25) is 0 Å². The molecule has 0 bridgehead atoms. The van der Waals surface area contributed by atoms with Crippen LogP contribution >= 0.6 is 0 Å². The van der Waals surface area contributed by atoms with Crippen LogP contribution in [-0.2, 0) is 11.2 Å². The monoisotopic (exact) mass is 284 g/mol. The van der Waals surface area contributed by atoms with Gasteiger partial charge in [0.05, 0.1) is 0 Å². The number of aryl methyl sites for hydroxylation is 1. The molecule has 7 heteroatoms. The van der Waals surface area contributed by atoms with Gasteiger partial charge in [-0.3, -0.25) is 0 Å². The Labute approximate surface area is 105 Å². The lowest BCUT2D eigenvalue weighted by molar-refractivity contribution is -0.253. The summed E-state index contributed by atoms with van der Waals surface area (Å²) in [6, 6.07) is 3.93. The summed E-state index contributed by atoms with van der Waals surface area (Å²) in [7, 11) is 0. The molecule has 0 heterocycles. The van der Waals surface area contributed by atoms with Crippen molar-refractivity contribution in [2.75, 3.05) is 0 Å². The van der Waals surface area contributed by atoms with E-state index in [-0.39, 0.29) is 12.8 Å². The molecule has 1 aromatic rings. The van der Waals surface area contributed by atoms with Gasteiger partial charge < -0.3 is 4.79 Å². The highest BCUT2D eigenvalue weighted by atomic mass is 19.4. The van der Waals surface area contributed by atoms with E-state index in [1.54, 1.807) is 0 Å². The van der Waals surface area contributed by atoms with E-state index in [9.17, 15) is 31.1 Å². The van der Waals surface area contributed by atoms with Crippen LogP contribution in [-0.4, -0.2) is 18.6 Å². The highest BCUT2D eigenvalue weighted by Gasteiger charge is 2.57. The van der Waals surface area contributed by atoms with Gasteiger partial charge in [-0.25, -0.2) is 0 Å². The third-order valence-electron chi connectivity index (χ3n) is 2.52. The highest BCUT2D eigenvalue weighted by Crippen LogP contribution is 2.46. The van der Waals surface area contributed by atoms with Gasteiger partial charge in [0.1, 0.15) is 6.29 Å². The number of hydrogen-bond donors (Lipinski definition) is 0. The van der Waals surface area contributed by atoms with Gasteiger partial charge in [-0.05, 0) is 17.5 Å². The molecular weight excluding hydrogens is 274 g/mol. The van der Waals surface area contributed by atoms with Gasteiger partial charge >= 0.3 is 12.4 Å². The molecule has 0 radical (unpaired) electrons. The largest absolute Gasteiger partial charge is 0.404 e. The van der Waals surface area contributed by atoms with Crippen molar-refractivity contribution in [3.05, 3.63) is 35.4 Å². The summed E-state index contributed by atoms with van der Waals surface area (Å²) in [5.74, 6) is -3.49. The van der Waals surface area contributed by atoms with Crippen LogP contribution in [0.1, 0.15) is 23.5 Å². The first-order valence-electron chi connectivity index (χ1n) is 5.32. The summed E-state index contributed by atoms with van der Waals surface area (Å²) in [6.07, 6.45) is -9.69. The van der Waals surface area contributed by atoms with Crippen molar-refractivity contribution in [1.29, 1.82) is 0 Å². The third-order valence-corrected chi connectivity index (χ3v) is 2.52. The van der Waals surface area contributed by atoms with Crippen LogP contribution in [0.4, 0.5) is 26.3 Å². The Morgan fingerprint density at radius 1 is 0.947 bits per heavy atom. The Bertz CT molecular complexity index is 403. The van der Waals surface area contributed by atoms with Gasteiger partial charge in [-0.1, -0.05) is 24.3 Å². The van der Waals surface area contributed by atoms with E-state index in [0.29, 0.717) is 11.8 Å². The Kier molecular flexibility index (Phi) is 4.60. The molecule has 106 valence electrons. The minimum absolute atomic E-state index is 0.168. The fourth-order valence-corrected chi connectivity index (χ4v) is 1.67. The molecule has 0 atom stereocenters. The van der Waals surface area contributed by atoms with Gasteiger partial charge in [-0.15, -0.1) is 0 Å². The van der Waals surface area contributed by atoms with E-state index in [0.717, 1.165) is 12.1 Å². The normalized spacial score (nSPS) is 12.8. The predicted molar refractivity (Wildman–Crippen MR) is 55.7 cm³/mol. The molecule has 0 aliphatic heterocycles. The number of carbonyl (C=O) groups is 1. The smallest absolute Gasteiger partial charge is 0.303 e. The summed E-state index contributed by atoms with van der Waals surface area (Å²) in [4.78, 5) is 10.1. The summed E-state index contributed by atoms with van der Waals surface area (Å²) in [5, 5.41) is 0. The number of benzene rings is 1. The van der Waals surface area contributed by atoms with E-state index in [2.05, 4.69) is 0 Å². The maximum absolute atomic E-state index is 12.4. The van der Waals surface area contributed by atoms with E-state index >= 15 is 0 Å². The molecule has 1 aromatic carbocycles. The first-order chi connectivity index (χ1) is 8.66. The van der Waals surface area contributed by atoms with Crippen LogP contribution in [0.2, 0.25) is 0 Å². The SMILES string of the molecule is O=CCCc1ccc(C(C(F)(F)F)C(F)(F)F)cc1. The molecule has 19 heavy (non-hydrogen) atoms. The number of alkyl halides is 6. The number of hydrogen-bond acceptors (Lipinski definition) is 1. The van der Waals surface area contributed by atoms with E-state index < -0.39 is 23.8 Å². The van der Waals surface area contributed by atoms with Gasteiger partial charge in [0, 0.05) is 6.42 Å². The average Bonchev–Trinajstić information content (AvgIpc) is 2.24. The topological polar surface area (TPSA) is 17.1 Å². The first-order valence-corrected chi connectivity index (χ1v) is 5.32. The van der Waals surface area contributed by atoms with Crippen LogP contribution < -0.4 is 0 Å². The van der Waals surface area contributed by atoms with E-state index in [1.165, 1.54) is 12.1 Å². The van der Waals surface area contributed by atoms with Crippen molar-refractivity contribution in [1.82, 2.24) is 0 Å². The van der Waals surface area contributed by atoms with Crippen molar-refractivity contribution in [3.63, 3.8) is 0 Å². The molecule has 0 spiro atoms. The number of carbonyl (C=O) groups excluding carboxylic acids is 1. The van der Waals surface area contributed by atoms with Gasteiger partial charge in [-0.2, -0.15) is 26.3 Å². The molecule has 0 aliphatic carbocycles. The summed E-state index contributed by atoms with van der Waals surface area (Å²) in [5.41, 5.74) is -0.339. The zero-order valence-electron chi connectivity index (χ0n) is 9.55. The second-order valence-electron chi connectivity index (χ2n) is 3.96. The van der Waals surface area contributed by atoms with Crippen LogP contribution in [0.15, 0.2) is 24.3 Å². The first kappa shape index (κ1) is 15.5. The lowest BCUT2D eigenvalue weighted by Gasteiger charge is -2.23. The molecule has 1 nitrogen and oxygen atoms in total. The lowest BCUT2D eigenvalue weighted by Crippen LogP contribution is -2.34. The molecule has 0 N–H and O–H groups in total. The van der Waals surface area contributed by atoms with Crippen molar-refractivity contribution in [3.8, 4) is 0 Å². The molecule has 0 saturated heterocycles. The van der Waals surface area contributed by atoms with Gasteiger partial charge in [0.25, 0.3) is 0 Å². The second kappa shape index (κ2) is 5.63. The minimum Gasteiger partial charge on any atom is -0.303 e. The third kappa shape index (κ3) is 4.25. The van der Waals surface area contributed by atoms with Crippen LogP contribution in [0.25, 0.3) is 0 Å². The molecule has 0 fully saturated rings. The number of aldehydes is 1. The van der Waals surface area contributed by atoms with Crippen LogP contribution in [0.5, 0.6) is 0 Å². The fraction of sp³-hybridized carbons (Fsp3) is 0.417. The van der Waals surface area contributed by atoms with Crippen LogP contribution in [0.3, 0.4) is 0 Å². The zero-order chi connectivity index (χ0) is 14.7. The van der Waals surface area contributed by atoms with Crippen molar-refractivity contribution in [2.45, 2.75) is 31.1 Å². The van der Waals surface area contributed by atoms with E-state index in [4.69, 9.17) is 0 Å².